The highest BCUT2D eigenvalue weighted by Crippen LogP contribution is 2.29. The summed E-state index contributed by atoms with van der Waals surface area (Å²) in [5, 5.41) is 15.9. The molecular formula is C17H15FN4O4. The van der Waals surface area contributed by atoms with Gasteiger partial charge in [-0.3, -0.25) is 10.1 Å². The molecule has 2 aromatic heterocycles. The fourth-order valence-corrected chi connectivity index (χ4v) is 2.53. The summed E-state index contributed by atoms with van der Waals surface area (Å²) < 4.78 is 20.2. The first-order chi connectivity index (χ1) is 12.3. The summed E-state index contributed by atoms with van der Waals surface area (Å²) in [6.07, 6.45) is 1.57. The number of ether oxygens (including phenoxy) is 1. The van der Waals surface area contributed by atoms with Crippen LogP contribution in [0.25, 0.3) is 11.0 Å². The van der Waals surface area contributed by atoms with Crippen molar-refractivity contribution in [1.29, 1.82) is 0 Å². The molecule has 3 rings (SSSR count). The highest BCUT2D eigenvalue weighted by molar-refractivity contribution is 5.96. The van der Waals surface area contributed by atoms with E-state index in [0.29, 0.717) is 16.7 Å². The predicted octanol–water partition coefficient (Wildman–Crippen LogP) is 3.59. The van der Waals surface area contributed by atoms with Crippen LogP contribution in [0, 0.1) is 22.9 Å². The van der Waals surface area contributed by atoms with Crippen LogP contribution in [0.5, 0.6) is 5.75 Å². The maximum absolute atomic E-state index is 13.4. The van der Waals surface area contributed by atoms with Crippen molar-refractivity contribution in [3.63, 3.8) is 0 Å². The van der Waals surface area contributed by atoms with Crippen molar-refractivity contribution in [2.45, 2.75) is 26.8 Å². The number of hydrogen-bond donors (Lipinski definition) is 0. The lowest BCUT2D eigenvalue weighted by atomic mass is 10.1. The second-order valence-electron chi connectivity index (χ2n) is 5.98. The van der Waals surface area contributed by atoms with Gasteiger partial charge in [0, 0.05) is 23.6 Å². The zero-order chi connectivity index (χ0) is 19.0. The van der Waals surface area contributed by atoms with Crippen LogP contribution in [-0.2, 0) is 0 Å². The summed E-state index contributed by atoms with van der Waals surface area (Å²) in [5.74, 6) is -2.07. The summed E-state index contributed by atoms with van der Waals surface area (Å²) in [6.45, 7) is 5.52. The molecule has 9 heteroatoms. The molecule has 0 atom stereocenters. The van der Waals surface area contributed by atoms with Gasteiger partial charge in [0.25, 0.3) is 0 Å². The number of carbonyl (C=O) groups excluding carboxylic acids is 1. The normalized spacial score (nSPS) is 11.1. The number of carbonyl (C=O) groups is 1. The topological polar surface area (TPSA) is 100 Å². The number of aryl methyl sites for hydroxylation is 1. The Bertz CT molecular complexity index is 1030. The van der Waals surface area contributed by atoms with E-state index in [9.17, 15) is 19.3 Å². The van der Waals surface area contributed by atoms with Crippen molar-refractivity contribution >= 4 is 22.7 Å². The fourth-order valence-electron chi connectivity index (χ4n) is 2.53. The molecule has 3 aromatic rings. The molecule has 0 bridgehead atoms. The Hall–Kier alpha value is -3.36. The van der Waals surface area contributed by atoms with Crippen molar-refractivity contribution in [2.24, 2.45) is 0 Å². The number of fused-ring (bicyclic) bond motifs is 1. The van der Waals surface area contributed by atoms with Gasteiger partial charge in [0.1, 0.15) is 5.82 Å². The molecule has 0 aliphatic rings. The number of nitro benzene ring substituents is 1. The first-order valence-electron chi connectivity index (χ1n) is 7.79. The Morgan fingerprint density at radius 1 is 1.35 bits per heavy atom. The number of nitrogens with zero attached hydrogens (tertiary/aromatic N) is 4. The van der Waals surface area contributed by atoms with Crippen molar-refractivity contribution in [3.8, 4) is 5.75 Å². The number of halogens is 1. The Morgan fingerprint density at radius 3 is 2.73 bits per heavy atom. The van der Waals surface area contributed by atoms with Gasteiger partial charge in [-0.15, -0.1) is 0 Å². The standard InChI is InChI=1S/C17H15FN4O4/c1-9(2)21-16-11(8-19-21)6-13(10(3)20-16)17(23)26-15-7-12(18)4-5-14(15)22(24)25/h4-9H,1-3H3. The summed E-state index contributed by atoms with van der Waals surface area (Å²) in [7, 11) is 0. The van der Waals surface area contributed by atoms with Crippen LogP contribution in [0.2, 0.25) is 0 Å². The van der Waals surface area contributed by atoms with E-state index in [-0.39, 0.29) is 11.6 Å². The van der Waals surface area contributed by atoms with Crippen LogP contribution in [-0.4, -0.2) is 25.7 Å². The smallest absolute Gasteiger partial charge is 0.345 e. The van der Waals surface area contributed by atoms with E-state index in [1.54, 1.807) is 23.9 Å². The molecule has 0 radical (unpaired) electrons. The molecule has 0 saturated carbocycles. The minimum atomic E-state index is -0.858. The molecule has 2 heterocycles. The first-order valence-corrected chi connectivity index (χ1v) is 7.79. The molecule has 0 unspecified atom stereocenters. The number of aromatic nitrogens is 3. The lowest BCUT2D eigenvalue weighted by Crippen LogP contribution is -2.13. The molecule has 1 aromatic carbocycles. The number of pyridine rings is 1. The Kier molecular flexibility index (Phi) is 4.37. The van der Waals surface area contributed by atoms with Gasteiger partial charge in [-0.05, 0) is 32.9 Å². The van der Waals surface area contributed by atoms with E-state index >= 15 is 0 Å². The van der Waals surface area contributed by atoms with Crippen LogP contribution in [0.1, 0.15) is 35.9 Å². The number of nitro groups is 1. The molecule has 0 spiro atoms. The van der Waals surface area contributed by atoms with E-state index in [1.165, 1.54) is 0 Å². The lowest BCUT2D eigenvalue weighted by Gasteiger charge is -2.09. The van der Waals surface area contributed by atoms with E-state index in [0.717, 1.165) is 18.2 Å². The quantitative estimate of drug-likeness (QED) is 0.306. The second kappa shape index (κ2) is 6.51. The highest BCUT2D eigenvalue weighted by Gasteiger charge is 2.22. The van der Waals surface area contributed by atoms with Crippen molar-refractivity contribution in [1.82, 2.24) is 14.8 Å². The third-order valence-electron chi connectivity index (χ3n) is 3.79. The molecule has 0 amide bonds. The number of esters is 1. The van der Waals surface area contributed by atoms with Crippen molar-refractivity contribution in [2.75, 3.05) is 0 Å². The van der Waals surface area contributed by atoms with Gasteiger partial charge < -0.3 is 4.74 Å². The van der Waals surface area contributed by atoms with E-state index in [1.807, 2.05) is 13.8 Å². The van der Waals surface area contributed by atoms with Gasteiger partial charge in [0.15, 0.2) is 5.65 Å². The SMILES string of the molecule is Cc1nc2c(cnn2C(C)C)cc1C(=O)Oc1cc(F)ccc1[N+](=O)[O-]. The molecule has 0 fully saturated rings. The summed E-state index contributed by atoms with van der Waals surface area (Å²) in [5.41, 5.74) is 0.619. The predicted molar refractivity (Wildman–Crippen MR) is 90.7 cm³/mol. The van der Waals surface area contributed by atoms with Crippen LogP contribution in [0.4, 0.5) is 10.1 Å². The van der Waals surface area contributed by atoms with Gasteiger partial charge in [0.05, 0.1) is 22.4 Å². The van der Waals surface area contributed by atoms with Crippen LogP contribution in [0.3, 0.4) is 0 Å². The molecule has 134 valence electrons. The Balaban J connectivity index is 2.00. The molecular weight excluding hydrogens is 343 g/mol. The van der Waals surface area contributed by atoms with Gasteiger partial charge >= 0.3 is 11.7 Å². The Labute approximate surface area is 147 Å². The maximum Gasteiger partial charge on any atom is 0.345 e. The van der Waals surface area contributed by atoms with Gasteiger partial charge in [-0.2, -0.15) is 5.10 Å². The van der Waals surface area contributed by atoms with E-state index in [4.69, 9.17) is 4.74 Å². The summed E-state index contributed by atoms with van der Waals surface area (Å²) in [6, 6.07) is 4.31. The first kappa shape index (κ1) is 17.5. The number of hydrogen-bond acceptors (Lipinski definition) is 6. The molecule has 0 aliphatic heterocycles. The molecule has 26 heavy (non-hydrogen) atoms. The van der Waals surface area contributed by atoms with Crippen molar-refractivity contribution in [3.05, 3.63) is 57.7 Å². The zero-order valence-corrected chi connectivity index (χ0v) is 14.3. The maximum atomic E-state index is 13.4. The lowest BCUT2D eigenvalue weighted by molar-refractivity contribution is -0.385. The van der Waals surface area contributed by atoms with Crippen LogP contribution in [0.15, 0.2) is 30.5 Å². The molecule has 0 aliphatic carbocycles. The van der Waals surface area contributed by atoms with E-state index < -0.39 is 28.1 Å². The number of benzene rings is 1. The Morgan fingerprint density at radius 2 is 2.08 bits per heavy atom. The van der Waals surface area contributed by atoms with Gasteiger partial charge in [-0.25, -0.2) is 18.9 Å². The van der Waals surface area contributed by atoms with E-state index in [2.05, 4.69) is 10.1 Å². The zero-order valence-electron chi connectivity index (χ0n) is 14.3. The molecule has 0 N–H and O–H groups in total. The summed E-state index contributed by atoms with van der Waals surface area (Å²) >= 11 is 0. The monoisotopic (exact) mass is 358 g/mol. The third-order valence-corrected chi connectivity index (χ3v) is 3.79. The summed E-state index contributed by atoms with van der Waals surface area (Å²) in [4.78, 5) is 27.1. The average molecular weight is 358 g/mol. The average Bonchev–Trinajstić information content (AvgIpc) is 2.96. The largest absolute Gasteiger partial charge is 0.415 e. The highest BCUT2D eigenvalue weighted by atomic mass is 19.1. The molecule has 8 nitrogen and oxygen atoms in total. The minimum Gasteiger partial charge on any atom is -0.415 e. The number of rotatable bonds is 4. The van der Waals surface area contributed by atoms with Crippen molar-refractivity contribution < 1.29 is 18.8 Å². The molecule has 0 saturated heterocycles. The fraction of sp³-hybridized carbons (Fsp3) is 0.235. The minimum absolute atomic E-state index is 0.0899. The van der Waals surface area contributed by atoms with Crippen LogP contribution >= 0.6 is 0 Å². The van der Waals surface area contributed by atoms with Gasteiger partial charge in [-0.1, -0.05) is 0 Å². The third kappa shape index (κ3) is 3.10. The second-order valence-corrected chi connectivity index (χ2v) is 5.98. The van der Waals surface area contributed by atoms with Gasteiger partial charge in [0.2, 0.25) is 5.75 Å². The van der Waals surface area contributed by atoms with Crippen LogP contribution < -0.4 is 4.74 Å².